The maximum absolute atomic E-state index is 12.7. The van der Waals surface area contributed by atoms with Crippen molar-refractivity contribution in [3.05, 3.63) is 51.4 Å². The number of rotatable bonds is 5. The van der Waals surface area contributed by atoms with Gasteiger partial charge in [0.25, 0.3) is 11.5 Å². The lowest BCUT2D eigenvalue weighted by atomic mass is 10.1. The highest BCUT2D eigenvalue weighted by Gasteiger charge is 2.18. The smallest absolute Gasteiger partial charge is 0.268 e. The first-order valence-electron chi connectivity index (χ1n) is 7.47. The fourth-order valence-electron chi connectivity index (χ4n) is 2.47. The molecule has 0 atom stereocenters. The number of nitrogens with one attached hydrogen (secondary N) is 1. The second kappa shape index (κ2) is 6.94. The maximum Gasteiger partial charge on any atom is 0.268 e. The van der Waals surface area contributed by atoms with Gasteiger partial charge in [0.15, 0.2) is 0 Å². The highest BCUT2D eigenvalue weighted by molar-refractivity contribution is 7.17. The first-order valence-corrected chi connectivity index (χ1v) is 8.35. The lowest BCUT2D eigenvalue weighted by Gasteiger charge is -2.18. The van der Waals surface area contributed by atoms with E-state index in [0.717, 1.165) is 0 Å². The predicted molar refractivity (Wildman–Crippen MR) is 95.6 cm³/mol. The Morgan fingerprint density at radius 1 is 1.28 bits per heavy atom. The lowest BCUT2D eigenvalue weighted by molar-refractivity contribution is 0.0778. The number of hydrogen-bond acceptors (Lipinski definition) is 6. The standard InChI is InChI=1S/C17H17N3O4S/c1-20(9-14-18-12-6-7-25-15(12)16(21)19-14)17(22)11-5-4-10(23-2)8-13(11)24-3/h4-8H,9H2,1-3H3,(H,18,19,21). The van der Waals surface area contributed by atoms with Gasteiger partial charge < -0.3 is 19.4 Å². The van der Waals surface area contributed by atoms with Gasteiger partial charge in [0.1, 0.15) is 22.0 Å². The predicted octanol–water partition coefficient (Wildman–Crippen LogP) is 2.27. The van der Waals surface area contributed by atoms with E-state index in [-0.39, 0.29) is 18.0 Å². The van der Waals surface area contributed by atoms with Crippen molar-refractivity contribution in [2.45, 2.75) is 6.54 Å². The van der Waals surface area contributed by atoms with Crippen LogP contribution in [0.5, 0.6) is 11.5 Å². The Morgan fingerprint density at radius 3 is 2.80 bits per heavy atom. The number of nitrogens with zero attached hydrogens (tertiary/aromatic N) is 2. The molecule has 0 unspecified atom stereocenters. The molecular formula is C17H17N3O4S. The van der Waals surface area contributed by atoms with Crippen molar-refractivity contribution in [1.29, 1.82) is 0 Å². The number of carbonyl (C=O) groups is 1. The number of benzene rings is 1. The first kappa shape index (κ1) is 17.0. The number of amides is 1. The van der Waals surface area contributed by atoms with E-state index in [4.69, 9.17) is 9.47 Å². The zero-order valence-electron chi connectivity index (χ0n) is 14.0. The third-order valence-electron chi connectivity index (χ3n) is 3.74. The molecule has 25 heavy (non-hydrogen) atoms. The first-order chi connectivity index (χ1) is 12.0. The molecule has 0 saturated heterocycles. The van der Waals surface area contributed by atoms with Gasteiger partial charge in [-0.1, -0.05) is 0 Å². The molecule has 1 N–H and O–H groups in total. The summed E-state index contributed by atoms with van der Waals surface area (Å²) in [6, 6.07) is 6.78. The van der Waals surface area contributed by atoms with Crippen molar-refractivity contribution >= 4 is 27.5 Å². The molecule has 7 nitrogen and oxygen atoms in total. The van der Waals surface area contributed by atoms with Crippen molar-refractivity contribution in [2.75, 3.05) is 21.3 Å². The molecule has 2 heterocycles. The highest BCUT2D eigenvalue weighted by Crippen LogP contribution is 2.25. The lowest BCUT2D eigenvalue weighted by Crippen LogP contribution is -2.28. The van der Waals surface area contributed by atoms with Crippen LogP contribution in [0.4, 0.5) is 0 Å². The Labute approximate surface area is 147 Å². The van der Waals surface area contributed by atoms with E-state index < -0.39 is 0 Å². The molecule has 0 aliphatic heterocycles. The summed E-state index contributed by atoms with van der Waals surface area (Å²) in [5.41, 5.74) is 0.842. The second-order valence-corrected chi connectivity index (χ2v) is 6.29. The van der Waals surface area contributed by atoms with E-state index in [1.807, 2.05) is 5.38 Å². The number of aromatic nitrogens is 2. The Balaban J connectivity index is 1.86. The number of ether oxygens (including phenoxy) is 2. The monoisotopic (exact) mass is 359 g/mol. The third kappa shape index (κ3) is 3.34. The van der Waals surface area contributed by atoms with Crippen LogP contribution in [0.3, 0.4) is 0 Å². The molecule has 3 aromatic rings. The minimum Gasteiger partial charge on any atom is -0.497 e. The molecule has 1 aromatic carbocycles. The van der Waals surface area contributed by atoms with Gasteiger partial charge >= 0.3 is 0 Å². The molecule has 0 bridgehead atoms. The molecule has 130 valence electrons. The maximum atomic E-state index is 12.7. The molecular weight excluding hydrogens is 342 g/mol. The van der Waals surface area contributed by atoms with Gasteiger partial charge in [-0.05, 0) is 23.6 Å². The number of methoxy groups -OCH3 is 2. The summed E-state index contributed by atoms with van der Waals surface area (Å²) in [6.07, 6.45) is 0. The van der Waals surface area contributed by atoms with Gasteiger partial charge in [0, 0.05) is 13.1 Å². The van der Waals surface area contributed by atoms with Crippen LogP contribution >= 0.6 is 11.3 Å². The quantitative estimate of drug-likeness (QED) is 0.755. The summed E-state index contributed by atoms with van der Waals surface area (Å²) in [5, 5.41) is 1.81. The Bertz CT molecular complexity index is 979. The summed E-state index contributed by atoms with van der Waals surface area (Å²) in [5.74, 6) is 1.21. The molecule has 1 amide bonds. The number of thiophene rings is 1. The molecule has 0 aliphatic rings. The van der Waals surface area contributed by atoms with Crippen LogP contribution in [0, 0.1) is 0 Å². The SMILES string of the molecule is COc1ccc(C(=O)N(C)Cc2nc3ccsc3c(=O)[nH]2)c(OC)c1. The van der Waals surface area contributed by atoms with Crippen LogP contribution in [-0.4, -0.2) is 42.0 Å². The molecule has 0 fully saturated rings. The number of hydrogen-bond donors (Lipinski definition) is 1. The summed E-state index contributed by atoms with van der Waals surface area (Å²) in [6.45, 7) is 0.176. The van der Waals surface area contributed by atoms with Crippen LogP contribution in [0.2, 0.25) is 0 Å². The molecule has 0 aliphatic carbocycles. The van der Waals surface area contributed by atoms with Crippen LogP contribution in [0.1, 0.15) is 16.2 Å². The van der Waals surface area contributed by atoms with Crippen LogP contribution in [0.15, 0.2) is 34.4 Å². The summed E-state index contributed by atoms with van der Waals surface area (Å²) in [7, 11) is 4.68. The minimum absolute atomic E-state index is 0.176. The second-order valence-electron chi connectivity index (χ2n) is 5.38. The van der Waals surface area contributed by atoms with E-state index in [1.165, 1.54) is 23.3 Å². The van der Waals surface area contributed by atoms with Crippen molar-refractivity contribution in [3.8, 4) is 11.5 Å². The van der Waals surface area contributed by atoms with E-state index in [1.54, 1.807) is 38.4 Å². The van der Waals surface area contributed by atoms with E-state index >= 15 is 0 Å². The Hall–Kier alpha value is -2.87. The average Bonchev–Trinajstić information content (AvgIpc) is 3.09. The minimum atomic E-state index is -0.243. The summed E-state index contributed by atoms with van der Waals surface area (Å²) >= 11 is 1.34. The van der Waals surface area contributed by atoms with Crippen LogP contribution < -0.4 is 15.0 Å². The number of aromatic amines is 1. The molecule has 0 radical (unpaired) electrons. The zero-order chi connectivity index (χ0) is 18.0. The van der Waals surface area contributed by atoms with E-state index in [2.05, 4.69) is 9.97 Å². The highest BCUT2D eigenvalue weighted by atomic mass is 32.1. The topological polar surface area (TPSA) is 84.5 Å². The van der Waals surface area contributed by atoms with Gasteiger partial charge in [-0.25, -0.2) is 4.98 Å². The molecule has 3 rings (SSSR count). The zero-order valence-corrected chi connectivity index (χ0v) is 14.8. The molecule has 0 spiro atoms. The van der Waals surface area contributed by atoms with Crippen molar-refractivity contribution in [1.82, 2.24) is 14.9 Å². The van der Waals surface area contributed by atoms with Gasteiger partial charge in [0.05, 0.1) is 31.8 Å². The number of fused-ring (bicyclic) bond motifs is 1. The van der Waals surface area contributed by atoms with Gasteiger partial charge in [-0.2, -0.15) is 0 Å². The molecule has 2 aromatic heterocycles. The number of H-pyrrole nitrogens is 1. The molecule has 8 heteroatoms. The largest absolute Gasteiger partial charge is 0.497 e. The van der Waals surface area contributed by atoms with Crippen LogP contribution in [0.25, 0.3) is 10.2 Å². The van der Waals surface area contributed by atoms with Gasteiger partial charge in [0.2, 0.25) is 0 Å². The number of carbonyl (C=O) groups excluding carboxylic acids is 1. The Kier molecular flexibility index (Phi) is 4.71. The van der Waals surface area contributed by atoms with Crippen molar-refractivity contribution in [2.24, 2.45) is 0 Å². The van der Waals surface area contributed by atoms with E-state index in [9.17, 15) is 9.59 Å². The van der Waals surface area contributed by atoms with Crippen molar-refractivity contribution < 1.29 is 14.3 Å². The van der Waals surface area contributed by atoms with Gasteiger partial charge in [-0.15, -0.1) is 11.3 Å². The Morgan fingerprint density at radius 2 is 2.08 bits per heavy atom. The van der Waals surface area contributed by atoms with Crippen LogP contribution in [-0.2, 0) is 6.54 Å². The average molecular weight is 359 g/mol. The summed E-state index contributed by atoms with van der Waals surface area (Å²) < 4.78 is 11.0. The van der Waals surface area contributed by atoms with Gasteiger partial charge in [-0.3, -0.25) is 9.59 Å². The summed E-state index contributed by atoms with van der Waals surface area (Å²) in [4.78, 5) is 33.3. The third-order valence-corrected chi connectivity index (χ3v) is 4.64. The van der Waals surface area contributed by atoms with E-state index in [0.29, 0.717) is 33.1 Å². The fourth-order valence-corrected chi connectivity index (χ4v) is 3.20. The normalized spacial score (nSPS) is 10.7. The van der Waals surface area contributed by atoms with Crippen molar-refractivity contribution in [3.63, 3.8) is 0 Å². The molecule has 0 saturated carbocycles. The fraction of sp³-hybridized carbons (Fsp3) is 0.235.